The summed E-state index contributed by atoms with van der Waals surface area (Å²) < 4.78 is 1.60. The molecule has 3 N–H and O–H groups in total. The fraction of sp³-hybridized carbons (Fsp3) is 0.368. The van der Waals surface area contributed by atoms with E-state index in [1.165, 1.54) is 13.8 Å². The van der Waals surface area contributed by atoms with E-state index < -0.39 is 5.54 Å². The highest BCUT2D eigenvalue weighted by molar-refractivity contribution is 6.00. The molecule has 256 valence electrons. The molecule has 0 aliphatic carbocycles. The van der Waals surface area contributed by atoms with Crippen LogP contribution in [0.3, 0.4) is 0 Å². The number of anilines is 1. The highest BCUT2D eigenvalue weighted by atomic mass is 16.2. The van der Waals surface area contributed by atoms with Gasteiger partial charge >= 0.3 is 0 Å². The van der Waals surface area contributed by atoms with Crippen molar-refractivity contribution in [1.29, 1.82) is 0 Å². The minimum atomic E-state index is -0.544. The van der Waals surface area contributed by atoms with Crippen molar-refractivity contribution in [3.05, 3.63) is 89.5 Å². The van der Waals surface area contributed by atoms with Gasteiger partial charge in [0.05, 0.1) is 17.9 Å². The fourth-order valence-corrected chi connectivity index (χ4v) is 6.44. The Labute approximate surface area is 287 Å². The van der Waals surface area contributed by atoms with Crippen LogP contribution in [0.25, 0.3) is 22.5 Å². The first-order valence-corrected chi connectivity index (χ1v) is 16.5. The van der Waals surface area contributed by atoms with Crippen LogP contribution < -0.4 is 20.9 Å². The molecule has 2 heterocycles. The van der Waals surface area contributed by atoms with E-state index in [4.69, 9.17) is 0 Å². The maximum Gasteiger partial charge on any atom is 0.242 e. The maximum absolute atomic E-state index is 13.9. The van der Waals surface area contributed by atoms with Crippen molar-refractivity contribution in [2.45, 2.75) is 91.5 Å². The summed E-state index contributed by atoms with van der Waals surface area (Å²) in [7, 11) is 0. The standard InChI is InChI=1S/C38H45N7O4/c1-25(46)40-37(3,4)20-19-34(49)44-23-29-11-7-8-12-30(29)35-36(31-13-9-10-14-32(31)44)45(43-42-35)24-33(48)39-22-28-17-15-27(16-18-28)21-38(5,6)41-26(2)47/h7-18H,19-24H2,1-6H3,(H,39,48)(H,40,46)(H,41,47). The Kier molecular flexibility index (Phi) is 10.3. The second-order valence-electron chi connectivity index (χ2n) is 14.0. The Morgan fingerprint density at radius 3 is 2.08 bits per heavy atom. The Morgan fingerprint density at radius 1 is 0.776 bits per heavy atom. The molecule has 11 heteroatoms. The number of rotatable bonds is 11. The molecule has 5 rings (SSSR count). The van der Waals surface area contributed by atoms with Crippen LogP contribution in [0.5, 0.6) is 0 Å². The van der Waals surface area contributed by atoms with Crippen LogP contribution in [0.2, 0.25) is 0 Å². The Hall–Kier alpha value is -5.32. The summed E-state index contributed by atoms with van der Waals surface area (Å²) in [5, 5.41) is 17.9. The zero-order valence-corrected chi connectivity index (χ0v) is 29.1. The topological polar surface area (TPSA) is 138 Å². The molecule has 0 radical (unpaired) electrons. The van der Waals surface area contributed by atoms with Crippen molar-refractivity contribution in [3.8, 4) is 22.5 Å². The number of carbonyl (C=O) groups excluding carboxylic acids is 4. The fourth-order valence-electron chi connectivity index (χ4n) is 6.44. The van der Waals surface area contributed by atoms with E-state index in [9.17, 15) is 19.2 Å². The van der Waals surface area contributed by atoms with Gasteiger partial charge in [0, 0.05) is 49.0 Å². The van der Waals surface area contributed by atoms with Crippen molar-refractivity contribution in [2.24, 2.45) is 0 Å². The first kappa shape index (κ1) is 35.0. The summed E-state index contributed by atoms with van der Waals surface area (Å²) in [6, 6.07) is 23.4. The molecule has 0 saturated heterocycles. The normalized spacial score (nSPS) is 12.5. The van der Waals surface area contributed by atoms with Crippen molar-refractivity contribution in [2.75, 3.05) is 4.90 Å². The summed E-state index contributed by atoms with van der Waals surface area (Å²) in [4.78, 5) is 52.3. The number of carbonyl (C=O) groups is 4. The average Bonchev–Trinajstić information content (AvgIpc) is 3.42. The molecular formula is C38H45N7O4. The summed E-state index contributed by atoms with van der Waals surface area (Å²) in [5.74, 6) is -0.519. The molecule has 1 aromatic heterocycles. The van der Waals surface area contributed by atoms with Gasteiger partial charge in [0.2, 0.25) is 23.6 Å². The molecule has 0 saturated carbocycles. The van der Waals surface area contributed by atoms with Gasteiger partial charge in [-0.15, -0.1) is 5.10 Å². The van der Waals surface area contributed by atoms with Gasteiger partial charge in [-0.05, 0) is 63.3 Å². The predicted octanol–water partition coefficient (Wildman–Crippen LogP) is 4.93. The quantitative estimate of drug-likeness (QED) is 0.208. The molecule has 4 amide bonds. The first-order chi connectivity index (χ1) is 23.2. The number of para-hydroxylation sites is 1. The van der Waals surface area contributed by atoms with Crippen LogP contribution in [0.4, 0.5) is 5.69 Å². The second kappa shape index (κ2) is 14.4. The average molecular weight is 664 g/mol. The van der Waals surface area contributed by atoms with Crippen molar-refractivity contribution in [1.82, 2.24) is 30.9 Å². The van der Waals surface area contributed by atoms with Gasteiger partial charge in [-0.25, -0.2) is 4.68 Å². The Bertz CT molecular complexity index is 1860. The zero-order valence-electron chi connectivity index (χ0n) is 29.1. The van der Waals surface area contributed by atoms with Crippen molar-refractivity contribution >= 4 is 29.3 Å². The van der Waals surface area contributed by atoms with Crippen molar-refractivity contribution in [3.63, 3.8) is 0 Å². The van der Waals surface area contributed by atoms with Gasteiger partial charge in [0.15, 0.2) is 0 Å². The molecule has 0 atom stereocenters. The van der Waals surface area contributed by atoms with E-state index >= 15 is 0 Å². The van der Waals surface area contributed by atoms with Gasteiger partial charge in [-0.2, -0.15) is 0 Å². The smallest absolute Gasteiger partial charge is 0.242 e. The van der Waals surface area contributed by atoms with E-state index in [2.05, 4.69) is 26.3 Å². The van der Waals surface area contributed by atoms with Crippen LogP contribution in [0, 0.1) is 0 Å². The predicted molar refractivity (Wildman–Crippen MR) is 189 cm³/mol. The minimum absolute atomic E-state index is 0.0676. The lowest BCUT2D eigenvalue weighted by Crippen LogP contribution is -2.43. The third-order valence-electron chi connectivity index (χ3n) is 8.53. The van der Waals surface area contributed by atoms with Gasteiger partial charge in [0.25, 0.3) is 0 Å². The SMILES string of the molecule is CC(=O)NC(C)(C)CCC(=O)N1Cc2ccccc2-c2nnn(CC(=O)NCc3ccc(CC(C)(C)NC(C)=O)cc3)c2-c2ccccc21. The zero-order chi connectivity index (χ0) is 35.3. The van der Waals surface area contributed by atoms with E-state index in [1.807, 2.05) is 100 Å². The molecule has 11 nitrogen and oxygen atoms in total. The number of aromatic nitrogens is 3. The molecule has 1 aliphatic heterocycles. The number of nitrogens with zero attached hydrogens (tertiary/aromatic N) is 4. The molecule has 4 aromatic rings. The number of hydrogen-bond donors (Lipinski definition) is 3. The first-order valence-electron chi connectivity index (χ1n) is 16.5. The minimum Gasteiger partial charge on any atom is -0.351 e. The van der Waals surface area contributed by atoms with Crippen LogP contribution >= 0.6 is 0 Å². The molecule has 0 bridgehead atoms. The van der Waals surface area contributed by atoms with Crippen LogP contribution in [0.1, 0.15) is 71.1 Å². The number of amides is 4. The molecule has 3 aromatic carbocycles. The monoisotopic (exact) mass is 663 g/mol. The number of benzene rings is 3. The van der Waals surface area contributed by atoms with Gasteiger partial charge in [-0.3, -0.25) is 19.2 Å². The van der Waals surface area contributed by atoms with Gasteiger partial charge < -0.3 is 20.9 Å². The van der Waals surface area contributed by atoms with Crippen LogP contribution in [-0.4, -0.2) is 49.7 Å². The van der Waals surface area contributed by atoms with Crippen LogP contribution in [0.15, 0.2) is 72.8 Å². The van der Waals surface area contributed by atoms with E-state index in [1.54, 1.807) is 9.58 Å². The molecule has 0 unspecified atom stereocenters. The van der Waals surface area contributed by atoms with Gasteiger partial charge in [0.1, 0.15) is 12.2 Å². The summed E-state index contributed by atoms with van der Waals surface area (Å²) in [6.07, 6.45) is 1.37. The summed E-state index contributed by atoms with van der Waals surface area (Å²) in [5.41, 5.74) is 5.61. The Balaban J connectivity index is 1.37. The highest BCUT2D eigenvalue weighted by Crippen LogP contribution is 2.41. The second-order valence-corrected chi connectivity index (χ2v) is 14.0. The summed E-state index contributed by atoms with van der Waals surface area (Å²) >= 11 is 0. The largest absolute Gasteiger partial charge is 0.351 e. The number of nitrogens with one attached hydrogen (secondary N) is 3. The third kappa shape index (κ3) is 8.78. The molecule has 0 fully saturated rings. The summed E-state index contributed by atoms with van der Waals surface area (Å²) in [6.45, 7) is 11.4. The lowest BCUT2D eigenvalue weighted by atomic mass is 9.94. The third-order valence-corrected chi connectivity index (χ3v) is 8.53. The van der Waals surface area contributed by atoms with E-state index in [0.717, 1.165) is 27.8 Å². The lowest BCUT2D eigenvalue weighted by Gasteiger charge is -2.30. The Morgan fingerprint density at radius 2 is 1.39 bits per heavy atom. The van der Waals surface area contributed by atoms with E-state index in [0.29, 0.717) is 43.0 Å². The molecule has 49 heavy (non-hydrogen) atoms. The molecule has 1 aliphatic rings. The molecular weight excluding hydrogens is 618 g/mol. The highest BCUT2D eigenvalue weighted by Gasteiger charge is 2.30. The maximum atomic E-state index is 13.9. The van der Waals surface area contributed by atoms with Crippen molar-refractivity contribution < 1.29 is 19.2 Å². The number of hydrogen-bond acceptors (Lipinski definition) is 6. The van der Waals surface area contributed by atoms with Crippen LogP contribution in [-0.2, 0) is 45.2 Å². The number of fused-ring (bicyclic) bond motifs is 5. The van der Waals surface area contributed by atoms with Gasteiger partial charge in [-0.1, -0.05) is 71.9 Å². The lowest BCUT2D eigenvalue weighted by molar-refractivity contribution is -0.122. The van der Waals surface area contributed by atoms with E-state index in [-0.39, 0.29) is 42.1 Å². The molecule has 0 spiro atoms.